The molecule has 0 spiro atoms. The molecule has 0 radical (unpaired) electrons. The molecule has 26 heavy (non-hydrogen) atoms. The highest BCUT2D eigenvalue weighted by Crippen LogP contribution is 2.23. The van der Waals surface area contributed by atoms with Gasteiger partial charge in [-0.15, -0.1) is 11.3 Å². The monoisotopic (exact) mass is 413 g/mol. The quantitative estimate of drug-likeness (QED) is 0.736. The molecule has 1 aromatic carbocycles. The average Bonchev–Trinajstić information content (AvgIpc) is 3.11. The summed E-state index contributed by atoms with van der Waals surface area (Å²) in [6.45, 7) is -0.296. The zero-order chi connectivity index (χ0) is 19.3. The highest BCUT2D eigenvalue weighted by molar-refractivity contribution is 8.13. The normalized spacial score (nSPS) is 11.4. The fraction of sp³-hybridized carbons (Fsp3) is 0.250. The smallest absolute Gasteiger partial charge is 0.285 e. The van der Waals surface area contributed by atoms with E-state index in [1.54, 1.807) is 49.8 Å². The van der Waals surface area contributed by atoms with Crippen molar-refractivity contribution in [2.45, 2.75) is 9.10 Å². The molecule has 2 rings (SSSR count). The predicted octanol–water partition coefficient (Wildman–Crippen LogP) is 2.78. The zero-order valence-electron chi connectivity index (χ0n) is 14.5. The number of nitrogens with one attached hydrogen (secondary N) is 1. The number of rotatable bonds is 6. The molecule has 0 bridgehead atoms. The van der Waals surface area contributed by atoms with Crippen molar-refractivity contribution in [2.24, 2.45) is 0 Å². The Balaban J connectivity index is 1.94. The van der Waals surface area contributed by atoms with Crippen molar-refractivity contribution >= 4 is 50.0 Å². The first-order valence-electron chi connectivity index (χ1n) is 7.49. The SMILES string of the molecule is CN(C)C(=O)Sc1ccc(NC(=O)CN(C)S(=O)(=O)c2cccs2)cc1. The van der Waals surface area contributed by atoms with E-state index in [0.717, 1.165) is 32.3 Å². The molecule has 0 saturated carbocycles. The van der Waals surface area contributed by atoms with Crippen LogP contribution < -0.4 is 5.32 Å². The average molecular weight is 414 g/mol. The van der Waals surface area contributed by atoms with Gasteiger partial charge in [-0.05, 0) is 47.5 Å². The van der Waals surface area contributed by atoms with Crippen LogP contribution in [0.25, 0.3) is 0 Å². The molecule has 140 valence electrons. The summed E-state index contributed by atoms with van der Waals surface area (Å²) in [6.07, 6.45) is 0. The van der Waals surface area contributed by atoms with Crippen molar-refractivity contribution in [1.29, 1.82) is 0 Å². The number of thioether (sulfide) groups is 1. The van der Waals surface area contributed by atoms with Crippen LogP contribution in [0, 0.1) is 0 Å². The highest BCUT2D eigenvalue weighted by atomic mass is 32.2. The number of amides is 2. The summed E-state index contributed by atoms with van der Waals surface area (Å²) in [5, 5.41) is 4.22. The van der Waals surface area contributed by atoms with Gasteiger partial charge in [0.2, 0.25) is 5.91 Å². The van der Waals surface area contributed by atoms with Crippen molar-refractivity contribution in [3.8, 4) is 0 Å². The van der Waals surface area contributed by atoms with Crippen LogP contribution in [0.5, 0.6) is 0 Å². The maximum atomic E-state index is 12.3. The van der Waals surface area contributed by atoms with Gasteiger partial charge in [0.05, 0.1) is 6.54 Å². The van der Waals surface area contributed by atoms with Crippen LogP contribution in [0.3, 0.4) is 0 Å². The Bertz CT molecular complexity index is 863. The van der Waals surface area contributed by atoms with E-state index in [4.69, 9.17) is 0 Å². The van der Waals surface area contributed by atoms with Gasteiger partial charge < -0.3 is 10.2 Å². The second kappa shape index (κ2) is 8.67. The van der Waals surface area contributed by atoms with Crippen molar-refractivity contribution in [3.63, 3.8) is 0 Å². The second-order valence-corrected chi connectivity index (χ2v) is 9.77. The summed E-state index contributed by atoms with van der Waals surface area (Å²) in [6, 6.07) is 9.90. The van der Waals surface area contributed by atoms with Crippen LogP contribution in [0.15, 0.2) is 50.9 Å². The van der Waals surface area contributed by atoms with E-state index in [2.05, 4.69) is 5.32 Å². The maximum Gasteiger partial charge on any atom is 0.285 e. The van der Waals surface area contributed by atoms with Crippen molar-refractivity contribution in [2.75, 3.05) is 33.0 Å². The van der Waals surface area contributed by atoms with E-state index in [1.165, 1.54) is 18.0 Å². The van der Waals surface area contributed by atoms with Crippen molar-refractivity contribution in [1.82, 2.24) is 9.21 Å². The lowest BCUT2D eigenvalue weighted by Gasteiger charge is -2.15. The summed E-state index contributed by atoms with van der Waals surface area (Å²) < 4.78 is 25.8. The number of carbonyl (C=O) groups is 2. The third-order valence-electron chi connectivity index (χ3n) is 3.23. The van der Waals surface area contributed by atoms with Gasteiger partial charge in [0.15, 0.2) is 0 Å². The van der Waals surface area contributed by atoms with Crippen molar-refractivity contribution < 1.29 is 18.0 Å². The summed E-state index contributed by atoms with van der Waals surface area (Å²) in [5.74, 6) is -0.447. The van der Waals surface area contributed by atoms with Gasteiger partial charge in [-0.25, -0.2) is 8.42 Å². The van der Waals surface area contributed by atoms with E-state index in [1.807, 2.05) is 0 Å². The summed E-state index contributed by atoms with van der Waals surface area (Å²) in [7, 11) is 1.04. The Labute approximate surface area is 161 Å². The maximum absolute atomic E-state index is 12.3. The number of likely N-dealkylation sites (N-methyl/N-ethyl adjacent to an activating group) is 1. The van der Waals surface area contributed by atoms with Crippen LogP contribution in [-0.4, -0.2) is 56.5 Å². The van der Waals surface area contributed by atoms with E-state index < -0.39 is 15.9 Å². The van der Waals surface area contributed by atoms with Gasteiger partial charge in [-0.2, -0.15) is 4.31 Å². The highest BCUT2D eigenvalue weighted by Gasteiger charge is 2.23. The van der Waals surface area contributed by atoms with Crippen LogP contribution in [0.2, 0.25) is 0 Å². The molecular weight excluding hydrogens is 394 g/mol. The molecule has 1 heterocycles. The van der Waals surface area contributed by atoms with Crippen molar-refractivity contribution in [3.05, 3.63) is 41.8 Å². The predicted molar refractivity (Wildman–Crippen MR) is 104 cm³/mol. The van der Waals surface area contributed by atoms with Gasteiger partial charge in [0.1, 0.15) is 4.21 Å². The number of nitrogens with zero attached hydrogens (tertiary/aromatic N) is 2. The first-order valence-corrected chi connectivity index (χ1v) is 10.6. The van der Waals surface area contributed by atoms with E-state index >= 15 is 0 Å². The fourth-order valence-corrected chi connectivity index (χ4v) is 4.83. The standard InChI is InChI=1S/C16H19N3O4S3/c1-18(2)16(21)25-13-8-6-12(7-9-13)17-14(20)11-19(3)26(22,23)15-5-4-10-24-15/h4-10H,11H2,1-3H3,(H,17,20). The van der Waals surface area contributed by atoms with Crippen LogP contribution in [-0.2, 0) is 14.8 Å². The minimum absolute atomic E-state index is 0.0952. The molecule has 0 aliphatic carbocycles. The number of thiophene rings is 1. The van der Waals surface area contributed by atoms with Crippen LogP contribution in [0.1, 0.15) is 0 Å². The molecule has 0 aliphatic rings. The molecule has 0 atom stereocenters. The van der Waals surface area contributed by atoms with Gasteiger partial charge >= 0.3 is 0 Å². The lowest BCUT2D eigenvalue weighted by atomic mass is 10.3. The number of benzene rings is 1. The Hall–Kier alpha value is -1.88. The Morgan fingerprint density at radius 3 is 2.31 bits per heavy atom. The second-order valence-electron chi connectivity index (χ2n) is 5.53. The third-order valence-corrected chi connectivity index (χ3v) is 7.46. The molecule has 2 aromatic rings. The molecule has 2 amide bonds. The summed E-state index contributed by atoms with van der Waals surface area (Å²) in [4.78, 5) is 26.0. The molecule has 7 nitrogen and oxygen atoms in total. The summed E-state index contributed by atoms with van der Waals surface area (Å²) >= 11 is 2.18. The number of hydrogen-bond donors (Lipinski definition) is 1. The first-order chi connectivity index (χ1) is 12.2. The van der Waals surface area contributed by atoms with E-state index in [-0.39, 0.29) is 16.0 Å². The Morgan fingerprint density at radius 1 is 1.12 bits per heavy atom. The Morgan fingerprint density at radius 2 is 1.77 bits per heavy atom. The number of anilines is 1. The minimum Gasteiger partial charge on any atom is -0.339 e. The molecule has 1 N–H and O–H groups in total. The molecule has 0 fully saturated rings. The number of carbonyl (C=O) groups excluding carboxylic acids is 2. The first kappa shape index (κ1) is 20.4. The van der Waals surface area contributed by atoms with Gasteiger partial charge in [0, 0.05) is 31.7 Å². The number of sulfonamides is 1. The third kappa shape index (κ3) is 5.31. The van der Waals surface area contributed by atoms with E-state index in [9.17, 15) is 18.0 Å². The van der Waals surface area contributed by atoms with Crippen LogP contribution >= 0.6 is 23.1 Å². The number of hydrogen-bond acceptors (Lipinski definition) is 6. The lowest BCUT2D eigenvalue weighted by Crippen LogP contribution is -2.34. The molecule has 10 heteroatoms. The van der Waals surface area contributed by atoms with Crippen LogP contribution in [0.4, 0.5) is 10.5 Å². The topological polar surface area (TPSA) is 86.8 Å². The van der Waals surface area contributed by atoms with E-state index in [0.29, 0.717) is 5.69 Å². The Kier molecular flexibility index (Phi) is 6.81. The summed E-state index contributed by atoms with van der Waals surface area (Å²) in [5.41, 5.74) is 0.526. The van der Waals surface area contributed by atoms with Gasteiger partial charge in [-0.3, -0.25) is 9.59 Å². The fourth-order valence-electron chi connectivity index (χ4n) is 1.85. The van der Waals surface area contributed by atoms with Gasteiger partial charge in [0.25, 0.3) is 15.3 Å². The largest absolute Gasteiger partial charge is 0.339 e. The zero-order valence-corrected chi connectivity index (χ0v) is 17.0. The lowest BCUT2D eigenvalue weighted by molar-refractivity contribution is -0.116. The molecule has 0 aliphatic heterocycles. The molecule has 0 saturated heterocycles. The molecule has 1 aromatic heterocycles. The van der Waals surface area contributed by atoms with Gasteiger partial charge in [-0.1, -0.05) is 6.07 Å². The minimum atomic E-state index is -3.67. The molecular formula is C16H19N3O4S3. The molecule has 0 unspecified atom stereocenters.